The number of esters is 2. The Bertz CT molecular complexity index is 705. The fraction of sp³-hybridized carbons (Fsp3) is 0.500. The van der Waals surface area contributed by atoms with Crippen molar-refractivity contribution >= 4 is 11.9 Å². The fourth-order valence-corrected chi connectivity index (χ4v) is 3.90. The molecule has 4 nitrogen and oxygen atoms in total. The fourth-order valence-electron chi connectivity index (χ4n) is 3.90. The minimum absolute atomic E-state index is 0.176. The maximum atomic E-state index is 12.5. The molecule has 0 N–H and O–H groups in total. The first-order valence-electron chi connectivity index (χ1n) is 12.1. The van der Waals surface area contributed by atoms with Gasteiger partial charge < -0.3 is 9.47 Å². The number of hydrogen-bond acceptors (Lipinski definition) is 4. The lowest BCUT2D eigenvalue weighted by Gasteiger charge is -2.27. The number of carbonyl (C=O) groups is 2. The first-order chi connectivity index (χ1) is 15.7. The van der Waals surface area contributed by atoms with Gasteiger partial charge in [0.05, 0.1) is 24.3 Å². The van der Waals surface area contributed by atoms with E-state index in [1.54, 1.807) is 24.3 Å². The highest BCUT2D eigenvalue weighted by Gasteiger charge is 2.25. The molecule has 2 aromatic rings. The number of benzene rings is 2. The van der Waals surface area contributed by atoms with Crippen molar-refractivity contribution in [2.75, 3.05) is 13.2 Å². The van der Waals surface area contributed by atoms with Crippen LogP contribution in [-0.2, 0) is 9.47 Å². The molecular formula is C28H38O4. The Kier molecular flexibility index (Phi) is 12.2. The summed E-state index contributed by atoms with van der Waals surface area (Å²) in [4.78, 5) is 25.0. The molecule has 4 heteroatoms. The maximum absolute atomic E-state index is 12.5. The highest BCUT2D eigenvalue weighted by molar-refractivity contribution is 5.89. The minimum atomic E-state index is -0.292. The van der Waals surface area contributed by atoms with Gasteiger partial charge in [0, 0.05) is 0 Å². The van der Waals surface area contributed by atoms with Crippen LogP contribution >= 0.6 is 0 Å². The third kappa shape index (κ3) is 9.25. The molecule has 0 aliphatic carbocycles. The lowest BCUT2D eigenvalue weighted by atomic mass is 9.85. The zero-order chi connectivity index (χ0) is 23.0. The van der Waals surface area contributed by atoms with Gasteiger partial charge in [-0.25, -0.2) is 9.59 Å². The van der Waals surface area contributed by atoms with Crippen molar-refractivity contribution < 1.29 is 19.1 Å². The van der Waals surface area contributed by atoms with E-state index in [0.717, 1.165) is 51.4 Å². The largest absolute Gasteiger partial charge is 0.462 e. The molecular weight excluding hydrogens is 400 g/mol. The van der Waals surface area contributed by atoms with Crippen LogP contribution in [0, 0.1) is 11.8 Å². The lowest BCUT2D eigenvalue weighted by Crippen LogP contribution is -2.27. The van der Waals surface area contributed by atoms with E-state index >= 15 is 0 Å². The van der Waals surface area contributed by atoms with E-state index in [1.165, 1.54) is 0 Å². The Labute approximate surface area is 193 Å². The monoisotopic (exact) mass is 438 g/mol. The van der Waals surface area contributed by atoms with Crippen LogP contribution in [0.1, 0.15) is 85.9 Å². The standard InChI is InChI=1S/C28H38O4/c1-3-5-9-19-25(21-31-27(29)23-15-11-7-12-16-23)26(20-10-6-4-2)22-32-28(30)24-17-13-8-14-18-24/h7-8,11-18,25-26H,3-6,9-10,19-22H2,1-2H3. The second-order valence-corrected chi connectivity index (χ2v) is 8.44. The summed E-state index contributed by atoms with van der Waals surface area (Å²) in [5.74, 6) is -0.233. The third-order valence-corrected chi connectivity index (χ3v) is 5.90. The van der Waals surface area contributed by atoms with Crippen molar-refractivity contribution in [3.05, 3.63) is 71.8 Å². The molecule has 0 spiro atoms. The molecule has 0 heterocycles. The van der Waals surface area contributed by atoms with Crippen LogP contribution in [0.3, 0.4) is 0 Å². The predicted molar refractivity (Wildman–Crippen MR) is 129 cm³/mol. The summed E-state index contributed by atoms with van der Waals surface area (Å²) in [6.45, 7) is 5.09. The van der Waals surface area contributed by atoms with Gasteiger partial charge in [-0.1, -0.05) is 88.8 Å². The molecule has 0 radical (unpaired) electrons. The number of carbonyl (C=O) groups excluding carboxylic acids is 2. The second kappa shape index (κ2) is 15.2. The summed E-state index contributed by atoms with van der Waals surface area (Å²) >= 11 is 0. The quantitative estimate of drug-likeness (QED) is 0.220. The van der Waals surface area contributed by atoms with Gasteiger partial charge in [0.1, 0.15) is 0 Å². The van der Waals surface area contributed by atoms with E-state index in [1.807, 2.05) is 36.4 Å². The second-order valence-electron chi connectivity index (χ2n) is 8.44. The Morgan fingerprint density at radius 3 is 1.34 bits per heavy atom. The van der Waals surface area contributed by atoms with Gasteiger partial charge in [-0.3, -0.25) is 0 Å². The maximum Gasteiger partial charge on any atom is 0.338 e. The van der Waals surface area contributed by atoms with Crippen molar-refractivity contribution in [1.29, 1.82) is 0 Å². The smallest absolute Gasteiger partial charge is 0.338 e. The van der Waals surface area contributed by atoms with E-state index < -0.39 is 0 Å². The van der Waals surface area contributed by atoms with Crippen molar-refractivity contribution in [3.63, 3.8) is 0 Å². The first kappa shape index (κ1) is 25.6. The molecule has 0 amide bonds. The van der Waals surface area contributed by atoms with Crippen LogP contribution in [0.5, 0.6) is 0 Å². The molecule has 0 saturated carbocycles. The number of rotatable bonds is 15. The normalized spacial score (nSPS) is 12.7. The summed E-state index contributed by atoms with van der Waals surface area (Å²) in [6.07, 6.45) is 8.68. The van der Waals surface area contributed by atoms with Crippen LogP contribution in [-0.4, -0.2) is 25.2 Å². The summed E-state index contributed by atoms with van der Waals surface area (Å²) < 4.78 is 11.4. The molecule has 0 aliphatic rings. The molecule has 0 bridgehead atoms. The van der Waals surface area contributed by atoms with E-state index in [-0.39, 0.29) is 23.8 Å². The lowest BCUT2D eigenvalue weighted by molar-refractivity contribution is 0.0187. The van der Waals surface area contributed by atoms with E-state index in [9.17, 15) is 9.59 Å². The Morgan fingerprint density at radius 1 is 0.625 bits per heavy atom. The average Bonchev–Trinajstić information content (AvgIpc) is 2.84. The number of unbranched alkanes of at least 4 members (excludes halogenated alkanes) is 4. The van der Waals surface area contributed by atoms with E-state index in [2.05, 4.69) is 13.8 Å². The average molecular weight is 439 g/mol. The summed E-state index contributed by atoms with van der Waals surface area (Å²) in [5, 5.41) is 0. The molecule has 32 heavy (non-hydrogen) atoms. The van der Waals surface area contributed by atoms with Crippen LogP contribution in [0.4, 0.5) is 0 Å². The highest BCUT2D eigenvalue weighted by atomic mass is 16.5. The zero-order valence-corrected chi connectivity index (χ0v) is 19.6. The van der Waals surface area contributed by atoms with Crippen LogP contribution < -0.4 is 0 Å². The summed E-state index contributed by atoms with van der Waals surface area (Å²) in [5.41, 5.74) is 1.13. The SMILES string of the molecule is CCCCCC(COC(=O)c1ccccc1)C(CCCCC)COC(=O)c1ccccc1. The molecule has 2 aromatic carbocycles. The van der Waals surface area contributed by atoms with Gasteiger partial charge in [-0.2, -0.15) is 0 Å². The van der Waals surface area contributed by atoms with Gasteiger partial charge in [-0.05, 0) is 48.9 Å². The zero-order valence-electron chi connectivity index (χ0n) is 19.6. The Hall–Kier alpha value is -2.62. The molecule has 0 saturated heterocycles. The van der Waals surface area contributed by atoms with Crippen molar-refractivity contribution in [2.24, 2.45) is 11.8 Å². The van der Waals surface area contributed by atoms with Gasteiger partial charge in [0.15, 0.2) is 0 Å². The van der Waals surface area contributed by atoms with Crippen LogP contribution in [0.25, 0.3) is 0 Å². The summed E-state index contributed by atoms with van der Waals surface area (Å²) in [7, 11) is 0. The predicted octanol–water partition coefficient (Wildman–Crippen LogP) is 7.09. The van der Waals surface area contributed by atoms with E-state index in [4.69, 9.17) is 9.47 Å². The molecule has 0 fully saturated rings. The molecule has 2 atom stereocenters. The number of hydrogen-bond donors (Lipinski definition) is 0. The van der Waals surface area contributed by atoms with Crippen molar-refractivity contribution in [2.45, 2.75) is 65.2 Å². The van der Waals surface area contributed by atoms with E-state index in [0.29, 0.717) is 24.3 Å². The van der Waals surface area contributed by atoms with Crippen LogP contribution in [0.15, 0.2) is 60.7 Å². The Balaban J connectivity index is 2.04. The van der Waals surface area contributed by atoms with Gasteiger partial charge in [-0.15, -0.1) is 0 Å². The van der Waals surface area contributed by atoms with Crippen molar-refractivity contribution in [1.82, 2.24) is 0 Å². The van der Waals surface area contributed by atoms with Gasteiger partial charge >= 0.3 is 11.9 Å². The van der Waals surface area contributed by atoms with Crippen LogP contribution in [0.2, 0.25) is 0 Å². The number of ether oxygens (including phenoxy) is 2. The van der Waals surface area contributed by atoms with Gasteiger partial charge in [0.25, 0.3) is 0 Å². The Morgan fingerprint density at radius 2 is 1.00 bits per heavy atom. The highest BCUT2D eigenvalue weighted by Crippen LogP contribution is 2.26. The summed E-state index contributed by atoms with van der Waals surface area (Å²) in [6, 6.07) is 18.2. The minimum Gasteiger partial charge on any atom is -0.462 e. The third-order valence-electron chi connectivity index (χ3n) is 5.90. The van der Waals surface area contributed by atoms with Gasteiger partial charge in [0.2, 0.25) is 0 Å². The molecule has 2 rings (SSSR count). The topological polar surface area (TPSA) is 52.6 Å². The molecule has 2 unspecified atom stereocenters. The molecule has 174 valence electrons. The molecule has 0 aromatic heterocycles. The molecule has 0 aliphatic heterocycles. The first-order valence-corrected chi connectivity index (χ1v) is 12.1. The van der Waals surface area contributed by atoms with Crippen molar-refractivity contribution in [3.8, 4) is 0 Å².